The minimum Gasteiger partial charge on any atom is -0.495 e. The molecular formula is C20H19N7O8S. The van der Waals surface area contributed by atoms with Gasteiger partial charge in [-0.1, -0.05) is 0 Å². The first-order valence-corrected chi connectivity index (χ1v) is 10.7. The number of anilines is 2. The maximum atomic E-state index is 11.7. The van der Waals surface area contributed by atoms with Crippen LogP contribution in [0.5, 0.6) is 5.75 Å². The van der Waals surface area contributed by atoms with E-state index in [2.05, 4.69) is 25.6 Å². The van der Waals surface area contributed by atoms with Crippen molar-refractivity contribution >= 4 is 57.8 Å². The number of ether oxygens (including phenoxy) is 2. The Morgan fingerprint density at radius 1 is 1.06 bits per heavy atom. The summed E-state index contributed by atoms with van der Waals surface area (Å²) in [5, 5.41) is 46.7. The average molecular weight is 517 g/mol. The van der Waals surface area contributed by atoms with Crippen LogP contribution in [0.2, 0.25) is 0 Å². The lowest BCUT2D eigenvalue weighted by Gasteiger charge is -2.15. The van der Waals surface area contributed by atoms with Gasteiger partial charge in [-0.15, -0.1) is 10.2 Å². The fourth-order valence-electron chi connectivity index (χ4n) is 2.80. The minimum absolute atomic E-state index is 0.0442. The normalized spacial score (nSPS) is 10.4. The van der Waals surface area contributed by atoms with Gasteiger partial charge in [0.05, 0.1) is 47.9 Å². The summed E-state index contributed by atoms with van der Waals surface area (Å²) in [4.78, 5) is 44.0. The van der Waals surface area contributed by atoms with Crippen LogP contribution >= 0.6 is 11.8 Å². The topological polar surface area (TPSA) is 211 Å². The number of nitrogens with zero attached hydrogens (tertiary/aromatic N) is 5. The standard InChI is InChI=1S/C20H19N7O8S/c1-11(28)23-12-6-15(22-5-4-20(29)35-3)18(34-2)7-13(12)24-25-14-8-19(36-10-21)17(27(32)33)9-16(14)26(30)31/h6-9,22H,4-5H2,1-3H3,(H,23,28). The molecule has 2 rings (SSSR count). The molecule has 0 aliphatic carbocycles. The number of nitriles is 1. The molecule has 0 bridgehead atoms. The van der Waals surface area contributed by atoms with Gasteiger partial charge in [0.15, 0.2) is 5.69 Å². The SMILES string of the molecule is COC(=O)CCNc1cc(NC(C)=O)c(N=Nc2cc(SC#N)c([N+](=O)[O-])cc2[N+](=O)[O-])cc1OC. The van der Waals surface area contributed by atoms with Gasteiger partial charge < -0.3 is 20.1 Å². The number of rotatable bonds is 11. The molecule has 0 spiro atoms. The van der Waals surface area contributed by atoms with E-state index in [1.807, 2.05) is 0 Å². The van der Waals surface area contributed by atoms with Gasteiger partial charge in [0.25, 0.3) is 5.69 Å². The molecule has 16 heteroatoms. The van der Waals surface area contributed by atoms with Crippen molar-refractivity contribution in [1.29, 1.82) is 5.26 Å². The van der Waals surface area contributed by atoms with E-state index in [9.17, 15) is 29.8 Å². The molecule has 0 heterocycles. The summed E-state index contributed by atoms with van der Waals surface area (Å²) in [7, 11) is 2.63. The number of azo groups is 1. The Bertz CT molecular complexity index is 1280. The van der Waals surface area contributed by atoms with Crippen LogP contribution < -0.4 is 15.4 Å². The number of carbonyl (C=O) groups is 2. The van der Waals surface area contributed by atoms with E-state index in [0.29, 0.717) is 23.5 Å². The van der Waals surface area contributed by atoms with Crippen molar-refractivity contribution in [2.24, 2.45) is 10.2 Å². The van der Waals surface area contributed by atoms with Gasteiger partial charge >= 0.3 is 11.7 Å². The zero-order valence-corrected chi connectivity index (χ0v) is 20.0. The molecule has 0 unspecified atom stereocenters. The van der Waals surface area contributed by atoms with E-state index in [0.717, 1.165) is 6.07 Å². The van der Waals surface area contributed by atoms with Gasteiger partial charge in [-0.05, 0) is 23.9 Å². The van der Waals surface area contributed by atoms with Crippen LogP contribution in [-0.2, 0) is 14.3 Å². The Morgan fingerprint density at radius 3 is 2.28 bits per heavy atom. The van der Waals surface area contributed by atoms with Crippen molar-refractivity contribution in [1.82, 2.24) is 0 Å². The van der Waals surface area contributed by atoms with E-state index in [1.165, 1.54) is 33.3 Å². The van der Waals surface area contributed by atoms with Gasteiger partial charge in [-0.25, -0.2) is 0 Å². The Kier molecular flexibility index (Phi) is 9.63. The smallest absolute Gasteiger partial charge is 0.307 e. The summed E-state index contributed by atoms with van der Waals surface area (Å²) >= 11 is 0.439. The second-order valence-corrected chi connectivity index (χ2v) is 7.55. The van der Waals surface area contributed by atoms with Crippen LogP contribution in [0.1, 0.15) is 13.3 Å². The third kappa shape index (κ3) is 7.11. The van der Waals surface area contributed by atoms with E-state index in [4.69, 9.17) is 10.00 Å². The molecule has 2 aromatic carbocycles. The largest absolute Gasteiger partial charge is 0.495 e. The predicted octanol–water partition coefficient (Wildman–Crippen LogP) is 4.43. The maximum Gasteiger partial charge on any atom is 0.307 e. The lowest BCUT2D eigenvalue weighted by Crippen LogP contribution is -2.11. The molecular weight excluding hydrogens is 498 g/mol. The highest BCUT2D eigenvalue weighted by Crippen LogP contribution is 2.41. The molecule has 188 valence electrons. The fraction of sp³-hybridized carbons (Fsp3) is 0.250. The number of nitro groups is 2. The number of esters is 1. The molecule has 0 aliphatic heterocycles. The van der Waals surface area contributed by atoms with Gasteiger partial charge in [-0.3, -0.25) is 29.8 Å². The van der Waals surface area contributed by atoms with E-state index >= 15 is 0 Å². The Morgan fingerprint density at radius 2 is 1.72 bits per heavy atom. The summed E-state index contributed by atoms with van der Waals surface area (Å²) in [5.74, 6) is -0.638. The lowest BCUT2D eigenvalue weighted by molar-refractivity contribution is -0.395. The summed E-state index contributed by atoms with van der Waals surface area (Å²) in [6, 6.07) is 4.55. The Balaban J connectivity index is 2.56. The molecule has 0 radical (unpaired) electrons. The van der Waals surface area contributed by atoms with Crippen LogP contribution in [0.15, 0.2) is 39.4 Å². The van der Waals surface area contributed by atoms with E-state index in [1.54, 1.807) is 5.40 Å². The molecule has 0 saturated heterocycles. The minimum atomic E-state index is -0.869. The third-order valence-electron chi connectivity index (χ3n) is 4.37. The van der Waals surface area contributed by atoms with Crippen molar-refractivity contribution in [2.75, 3.05) is 31.4 Å². The summed E-state index contributed by atoms with van der Waals surface area (Å²) < 4.78 is 9.91. The molecule has 0 aromatic heterocycles. The second kappa shape index (κ2) is 12.6. The van der Waals surface area contributed by atoms with Crippen LogP contribution in [0, 0.1) is 30.9 Å². The lowest BCUT2D eigenvalue weighted by atomic mass is 10.2. The van der Waals surface area contributed by atoms with Crippen LogP contribution in [0.3, 0.4) is 0 Å². The maximum absolute atomic E-state index is 11.7. The first kappa shape index (κ1) is 27.5. The number of benzene rings is 2. The van der Waals surface area contributed by atoms with Crippen molar-refractivity contribution in [3.05, 3.63) is 44.5 Å². The van der Waals surface area contributed by atoms with Gasteiger partial charge in [0, 0.05) is 19.5 Å². The highest BCUT2D eigenvalue weighted by Gasteiger charge is 2.25. The van der Waals surface area contributed by atoms with E-state index in [-0.39, 0.29) is 40.7 Å². The molecule has 0 atom stereocenters. The van der Waals surface area contributed by atoms with Crippen LogP contribution in [0.4, 0.5) is 34.1 Å². The first-order chi connectivity index (χ1) is 17.1. The van der Waals surface area contributed by atoms with Crippen molar-refractivity contribution < 1.29 is 28.9 Å². The van der Waals surface area contributed by atoms with Crippen molar-refractivity contribution in [2.45, 2.75) is 18.2 Å². The third-order valence-corrected chi connectivity index (χ3v) is 5.01. The number of thiocyanates is 1. The highest BCUT2D eigenvalue weighted by atomic mass is 32.2. The van der Waals surface area contributed by atoms with Crippen molar-refractivity contribution in [3.63, 3.8) is 0 Å². The quantitative estimate of drug-likeness (QED) is 0.106. The number of nitro benzene ring substituents is 2. The van der Waals surface area contributed by atoms with Crippen LogP contribution in [0.25, 0.3) is 0 Å². The highest BCUT2D eigenvalue weighted by molar-refractivity contribution is 8.03. The number of methoxy groups -OCH3 is 2. The number of thioether (sulfide) groups is 1. The Labute approximate surface area is 207 Å². The van der Waals surface area contributed by atoms with Gasteiger partial charge in [0.1, 0.15) is 21.7 Å². The Hall–Kier alpha value is -4.78. The summed E-state index contributed by atoms with van der Waals surface area (Å²) in [6.45, 7) is 1.44. The average Bonchev–Trinajstić information content (AvgIpc) is 2.82. The predicted molar refractivity (Wildman–Crippen MR) is 128 cm³/mol. The molecule has 0 fully saturated rings. The number of carbonyl (C=O) groups excluding carboxylic acids is 2. The molecule has 36 heavy (non-hydrogen) atoms. The molecule has 0 aliphatic rings. The molecule has 2 N–H and O–H groups in total. The number of nitrogens with one attached hydrogen (secondary N) is 2. The van der Waals surface area contributed by atoms with Gasteiger partial charge in [0.2, 0.25) is 5.91 Å². The number of amides is 1. The first-order valence-electron chi connectivity index (χ1n) is 9.86. The second-order valence-electron chi connectivity index (χ2n) is 6.72. The summed E-state index contributed by atoms with van der Waals surface area (Å²) in [5.41, 5.74) is -1.09. The fourth-order valence-corrected chi connectivity index (χ4v) is 3.31. The molecule has 0 saturated carbocycles. The monoisotopic (exact) mass is 517 g/mol. The zero-order valence-electron chi connectivity index (χ0n) is 19.1. The zero-order chi connectivity index (χ0) is 26.8. The molecule has 1 amide bonds. The van der Waals surface area contributed by atoms with Crippen molar-refractivity contribution in [3.8, 4) is 11.2 Å². The van der Waals surface area contributed by atoms with E-state index < -0.39 is 33.1 Å². The molecule has 15 nitrogen and oxygen atoms in total. The van der Waals surface area contributed by atoms with Gasteiger partial charge in [-0.2, -0.15) is 5.26 Å². The summed E-state index contributed by atoms with van der Waals surface area (Å²) in [6.07, 6.45) is 0.0590. The molecule has 2 aromatic rings. The number of hydrogen-bond acceptors (Lipinski definition) is 13. The number of hydrogen-bond donors (Lipinski definition) is 2. The van der Waals surface area contributed by atoms with Crippen LogP contribution in [-0.4, -0.2) is 42.5 Å².